The first-order chi connectivity index (χ1) is 12.1. The molecule has 0 bridgehead atoms. The van der Waals surface area contributed by atoms with E-state index < -0.39 is 0 Å². The monoisotopic (exact) mass is 391 g/mol. The Bertz CT molecular complexity index is 848. The second-order valence-corrected chi connectivity index (χ2v) is 7.18. The van der Waals surface area contributed by atoms with Gasteiger partial charge >= 0.3 is 0 Å². The van der Waals surface area contributed by atoms with Gasteiger partial charge in [-0.25, -0.2) is 4.98 Å². The number of H-pyrrole nitrogens is 1. The van der Waals surface area contributed by atoms with Crippen molar-refractivity contribution in [1.82, 2.24) is 15.3 Å². The zero-order valence-electron chi connectivity index (χ0n) is 13.1. The van der Waals surface area contributed by atoms with Gasteiger partial charge in [0.2, 0.25) is 0 Å². The van der Waals surface area contributed by atoms with Gasteiger partial charge in [0, 0.05) is 27.9 Å². The van der Waals surface area contributed by atoms with Crippen LogP contribution in [0.1, 0.15) is 10.4 Å². The number of benzene rings is 2. The third kappa shape index (κ3) is 5.01. The van der Waals surface area contributed by atoms with Crippen LogP contribution >= 0.6 is 35.0 Å². The van der Waals surface area contributed by atoms with Crippen LogP contribution in [0.3, 0.4) is 0 Å². The number of amides is 1. The molecule has 1 heterocycles. The van der Waals surface area contributed by atoms with Crippen molar-refractivity contribution in [3.05, 3.63) is 70.3 Å². The SMILES string of the molecule is O=C(NCCSc1ncc(-c2ccc(Cl)cc2)[nH]1)c1ccc(Cl)cc1. The molecule has 128 valence electrons. The molecule has 0 unspecified atom stereocenters. The van der Waals surface area contributed by atoms with Crippen LogP contribution in [0.2, 0.25) is 10.0 Å². The van der Waals surface area contributed by atoms with Crippen molar-refractivity contribution >= 4 is 40.9 Å². The number of halogens is 2. The van der Waals surface area contributed by atoms with Gasteiger partial charge in [-0.1, -0.05) is 47.1 Å². The predicted octanol–water partition coefficient (Wildman–Crippen LogP) is 4.91. The molecule has 0 aliphatic carbocycles. The van der Waals surface area contributed by atoms with Crippen LogP contribution in [0, 0.1) is 0 Å². The molecule has 2 aromatic carbocycles. The van der Waals surface area contributed by atoms with Gasteiger partial charge in [-0.3, -0.25) is 4.79 Å². The second-order valence-electron chi connectivity index (χ2n) is 5.22. The Balaban J connectivity index is 1.47. The van der Waals surface area contributed by atoms with Crippen LogP contribution < -0.4 is 5.32 Å². The van der Waals surface area contributed by atoms with E-state index in [1.165, 1.54) is 0 Å². The molecule has 2 N–H and O–H groups in total. The van der Waals surface area contributed by atoms with Crippen molar-refractivity contribution in [3.63, 3.8) is 0 Å². The summed E-state index contributed by atoms with van der Waals surface area (Å²) in [6, 6.07) is 14.4. The molecular weight excluding hydrogens is 377 g/mol. The Labute approximate surface area is 160 Å². The molecule has 1 aromatic heterocycles. The van der Waals surface area contributed by atoms with Crippen molar-refractivity contribution in [2.75, 3.05) is 12.3 Å². The summed E-state index contributed by atoms with van der Waals surface area (Å²) in [5.41, 5.74) is 2.56. The zero-order valence-corrected chi connectivity index (χ0v) is 15.5. The number of nitrogens with one attached hydrogen (secondary N) is 2. The number of hydrogen-bond donors (Lipinski definition) is 2. The number of aromatic nitrogens is 2. The molecule has 1 amide bonds. The average molecular weight is 392 g/mol. The van der Waals surface area contributed by atoms with Crippen molar-refractivity contribution < 1.29 is 4.79 Å². The molecular formula is C18H15Cl2N3OS. The fourth-order valence-electron chi connectivity index (χ4n) is 2.17. The molecule has 0 spiro atoms. The van der Waals surface area contributed by atoms with Crippen LogP contribution in [0.4, 0.5) is 0 Å². The van der Waals surface area contributed by atoms with Crippen molar-refractivity contribution in [3.8, 4) is 11.3 Å². The maximum atomic E-state index is 12.0. The van der Waals surface area contributed by atoms with E-state index in [9.17, 15) is 4.79 Å². The fourth-order valence-corrected chi connectivity index (χ4v) is 3.13. The normalized spacial score (nSPS) is 10.6. The standard InChI is InChI=1S/C18H15Cl2N3OS/c19-14-5-1-12(2-6-14)16-11-22-18(23-16)25-10-9-21-17(24)13-3-7-15(20)8-4-13/h1-8,11H,9-10H2,(H,21,24)(H,22,23). The lowest BCUT2D eigenvalue weighted by Gasteiger charge is -2.04. The number of rotatable bonds is 6. The van der Waals surface area contributed by atoms with E-state index in [4.69, 9.17) is 23.2 Å². The fraction of sp³-hybridized carbons (Fsp3) is 0.111. The smallest absolute Gasteiger partial charge is 0.251 e. The van der Waals surface area contributed by atoms with Gasteiger partial charge in [-0.15, -0.1) is 0 Å². The maximum Gasteiger partial charge on any atom is 0.251 e. The van der Waals surface area contributed by atoms with Crippen molar-refractivity contribution in [1.29, 1.82) is 0 Å². The number of carbonyl (C=O) groups is 1. The molecule has 0 saturated heterocycles. The van der Waals surface area contributed by atoms with Crippen LogP contribution in [0.15, 0.2) is 59.9 Å². The average Bonchev–Trinajstić information content (AvgIpc) is 3.09. The Morgan fingerprint density at radius 1 is 1.04 bits per heavy atom. The molecule has 0 fully saturated rings. The first-order valence-electron chi connectivity index (χ1n) is 7.59. The van der Waals surface area contributed by atoms with Gasteiger partial charge in [-0.05, 0) is 42.0 Å². The third-order valence-electron chi connectivity index (χ3n) is 3.44. The summed E-state index contributed by atoms with van der Waals surface area (Å²) >= 11 is 13.3. The van der Waals surface area contributed by atoms with Gasteiger partial charge in [0.25, 0.3) is 5.91 Å². The minimum atomic E-state index is -0.112. The second kappa shape index (κ2) is 8.43. The van der Waals surface area contributed by atoms with Crippen LogP contribution in [-0.2, 0) is 0 Å². The van der Waals surface area contributed by atoms with Crippen molar-refractivity contribution in [2.45, 2.75) is 5.16 Å². The minimum Gasteiger partial charge on any atom is -0.351 e. The van der Waals surface area contributed by atoms with E-state index in [1.54, 1.807) is 42.2 Å². The van der Waals surface area contributed by atoms with Crippen LogP contribution in [0.5, 0.6) is 0 Å². The lowest BCUT2D eigenvalue weighted by molar-refractivity contribution is 0.0956. The molecule has 0 aliphatic heterocycles. The summed E-state index contributed by atoms with van der Waals surface area (Å²) in [6.45, 7) is 0.545. The largest absolute Gasteiger partial charge is 0.351 e. The van der Waals surface area contributed by atoms with Gasteiger partial charge in [0.15, 0.2) is 5.16 Å². The number of hydrogen-bond acceptors (Lipinski definition) is 3. The molecule has 0 atom stereocenters. The van der Waals surface area contributed by atoms with Crippen molar-refractivity contribution in [2.24, 2.45) is 0 Å². The summed E-state index contributed by atoms with van der Waals surface area (Å²) in [5, 5.41) is 5.00. The number of imidazole rings is 1. The van der Waals surface area contributed by atoms with Gasteiger partial charge in [0.05, 0.1) is 11.9 Å². The van der Waals surface area contributed by atoms with E-state index in [1.807, 2.05) is 24.3 Å². The Kier molecular flexibility index (Phi) is 6.02. The molecule has 0 aliphatic rings. The van der Waals surface area contributed by atoms with E-state index in [2.05, 4.69) is 15.3 Å². The van der Waals surface area contributed by atoms with E-state index in [0.717, 1.165) is 16.4 Å². The quantitative estimate of drug-likeness (QED) is 0.463. The predicted molar refractivity (Wildman–Crippen MR) is 104 cm³/mol. The summed E-state index contributed by atoms with van der Waals surface area (Å²) < 4.78 is 0. The Morgan fingerprint density at radius 2 is 1.68 bits per heavy atom. The number of nitrogens with zero attached hydrogens (tertiary/aromatic N) is 1. The summed E-state index contributed by atoms with van der Waals surface area (Å²) in [5.74, 6) is 0.603. The molecule has 0 saturated carbocycles. The highest BCUT2D eigenvalue weighted by Crippen LogP contribution is 2.22. The summed E-state index contributed by atoms with van der Waals surface area (Å²) in [6.07, 6.45) is 1.79. The van der Waals surface area contributed by atoms with Gasteiger partial charge in [0.1, 0.15) is 0 Å². The first kappa shape index (κ1) is 17.9. The molecule has 25 heavy (non-hydrogen) atoms. The highest BCUT2D eigenvalue weighted by atomic mass is 35.5. The number of aromatic amines is 1. The Morgan fingerprint density at radius 3 is 2.36 bits per heavy atom. The summed E-state index contributed by atoms with van der Waals surface area (Å²) in [7, 11) is 0. The van der Waals surface area contributed by atoms with Crippen LogP contribution in [-0.4, -0.2) is 28.2 Å². The third-order valence-corrected chi connectivity index (χ3v) is 4.83. The minimum absolute atomic E-state index is 0.112. The summed E-state index contributed by atoms with van der Waals surface area (Å²) in [4.78, 5) is 19.6. The molecule has 7 heteroatoms. The highest BCUT2D eigenvalue weighted by molar-refractivity contribution is 7.99. The van der Waals surface area contributed by atoms with E-state index in [-0.39, 0.29) is 5.91 Å². The van der Waals surface area contributed by atoms with E-state index >= 15 is 0 Å². The molecule has 4 nitrogen and oxygen atoms in total. The maximum absolute atomic E-state index is 12.0. The lowest BCUT2D eigenvalue weighted by Crippen LogP contribution is -2.25. The number of thioether (sulfide) groups is 1. The van der Waals surface area contributed by atoms with Crippen LogP contribution in [0.25, 0.3) is 11.3 Å². The number of carbonyl (C=O) groups excluding carboxylic acids is 1. The molecule has 3 rings (SSSR count). The molecule has 3 aromatic rings. The topological polar surface area (TPSA) is 57.8 Å². The van der Waals surface area contributed by atoms with Gasteiger partial charge in [-0.2, -0.15) is 0 Å². The Hall–Kier alpha value is -1.95. The zero-order chi connectivity index (χ0) is 17.6. The van der Waals surface area contributed by atoms with E-state index in [0.29, 0.717) is 27.9 Å². The van der Waals surface area contributed by atoms with Gasteiger partial charge < -0.3 is 10.3 Å². The molecule has 0 radical (unpaired) electrons. The highest BCUT2D eigenvalue weighted by Gasteiger charge is 2.06. The lowest BCUT2D eigenvalue weighted by atomic mass is 10.2. The first-order valence-corrected chi connectivity index (χ1v) is 9.33.